The maximum absolute atomic E-state index is 12.5. The van der Waals surface area contributed by atoms with Gasteiger partial charge in [0.1, 0.15) is 0 Å². The van der Waals surface area contributed by atoms with Gasteiger partial charge < -0.3 is 10.1 Å². The standard InChI is InChI=1S/C16H21BrN2O4S/c17-14-3-1-2-13(12-14)16(4-5-16)15(20)18-6-11-24(21,22)19-7-9-23-10-8-19/h1-3,12H,4-11H2,(H,18,20). The molecule has 1 N–H and O–H groups in total. The molecule has 2 aliphatic rings. The van der Waals surface area contributed by atoms with Gasteiger partial charge in [-0.05, 0) is 30.5 Å². The normalized spacial score (nSPS) is 20.5. The van der Waals surface area contributed by atoms with Crippen LogP contribution in [0.1, 0.15) is 18.4 Å². The molecule has 24 heavy (non-hydrogen) atoms. The predicted molar refractivity (Wildman–Crippen MR) is 94.2 cm³/mol. The van der Waals surface area contributed by atoms with Gasteiger partial charge in [-0.15, -0.1) is 0 Å². The highest BCUT2D eigenvalue weighted by Gasteiger charge is 2.51. The zero-order chi connectivity index (χ0) is 17.2. The SMILES string of the molecule is O=C(NCCS(=O)(=O)N1CCOCC1)C1(c2cccc(Br)c2)CC1. The molecule has 1 aliphatic carbocycles. The molecule has 1 saturated carbocycles. The second-order valence-corrected chi connectivity index (χ2v) is 9.18. The van der Waals surface area contributed by atoms with Crippen molar-refractivity contribution in [2.24, 2.45) is 0 Å². The van der Waals surface area contributed by atoms with E-state index in [1.165, 1.54) is 4.31 Å². The van der Waals surface area contributed by atoms with E-state index in [0.29, 0.717) is 26.3 Å². The number of sulfonamides is 1. The third kappa shape index (κ3) is 3.82. The summed E-state index contributed by atoms with van der Waals surface area (Å²) in [6.07, 6.45) is 1.59. The third-order valence-electron chi connectivity index (χ3n) is 4.57. The summed E-state index contributed by atoms with van der Waals surface area (Å²) < 4.78 is 32.1. The summed E-state index contributed by atoms with van der Waals surface area (Å²) in [5, 5.41) is 2.81. The molecule has 0 spiro atoms. The summed E-state index contributed by atoms with van der Waals surface area (Å²) in [5.41, 5.74) is 0.484. The number of ether oxygens (including phenoxy) is 1. The maximum Gasteiger partial charge on any atom is 0.230 e. The van der Waals surface area contributed by atoms with Crippen molar-refractivity contribution in [2.45, 2.75) is 18.3 Å². The van der Waals surface area contributed by atoms with Crippen LogP contribution in [-0.4, -0.2) is 57.2 Å². The lowest BCUT2D eigenvalue weighted by Crippen LogP contribution is -2.44. The zero-order valence-corrected chi connectivity index (χ0v) is 15.7. The van der Waals surface area contributed by atoms with E-state index in [0.717, 1.165) is 22.9 Å². The summed E-state index contributed by atoms with van der Waals surface area (Å²) in [6, 6.07) is 7.74. The van der Waals surface area contributed by atoms with Crippen molar-refractivity contribution in [1.82, 2.24) is 9.62 Å². The molecule has 1 aromatic rings. The molecule has 0 unspecified atom stereocenters. The number of halogens is 1. The third-order valence-corrected chi connectivity index (χ3v) is 6.94. The lowest BCUT2D eigenvalue weighted by Gasteiger charge is -2.26. The predicted octanol–water partition coefficient (Wildman–Crippen LogP) is 1.26. The number of benzene rings is 1. The van der Waals surface area contributed by atoms with E-state index < -0.39 is 15.4 Å². The van der Waals surface area contributed by atoms with Gasteiger partial charge in [0.05, 0.1) is 24.4 Å². The van der Waals surface area contributed by atoms with Crippen molar-refractivity contribution >= 4 is 31.9 Å². The number of hydrogen-bond donors (Lipinski definition) is 1. The summed E-state index contributed by atoms with van der Waals surface area (Å²) in [4.78, 5) is 12.5. The number of nitrogens with one attached hydrogen (secondary N) is 1. The van der Waals surface area contributed by atoms with E-state index in [-0.39, 0.29) is 18.2 Å². The zero-order valence-electron chi connectivity index (χ0n) is 13.3. The Bertz CT molecular complexity index is 713. The lowest BCUT2D eigenvalue weighted by atomic mass is 9.95. The molecule has 0 bridgehead atoms. The van der Waals surface area contributed by atoms with Gasteiger partial charge in [-0.3, -0.25) is 4.79 Å². The summed E-state index contributed by atoms with van der Waals surface area (Å²) >= 11 is 3.43. The minimum atomic E-state index is -3.34. The van der Waals surface area contributed by atoms with Crippen molar-refractivity contribution in [1.29, 1.82) is 0 Å². The Balaban J connectivity index is 1.56. The van der Waals surface area contributed by atoms with Gasteiger partial charge in [0.2, 0.25) is 15.9 Å². The average Bonchev–Trinajstić information content (AvgIpc) is 3.37. The number of rotatable bonds is 6. The Morgan fingerprint density at radius 3 is 2.62 bits per heavy atom. The summed E-state index contributed by atoms with van der Waals surface area (Å²) in [7, 11) is -3.34. The molecular formula is C16H21BrN2O4S. The van der Waals surface area contributed by atoms with E-state index in [4.69, 9.17) is 4.74 Å². The van der Waals surface area contributed by atoms with Crippen LogP contribution in [0.3, 0.4) is 0 Å². The van der Waals surface area contributed by atoms with Gasteiger partial charge in [0, 0.05) is 24.1 Å². The Morgan fingerprint density at radius 1 is 1.29 bits per heavy atom. The van der Waals surface area contributed by atoms with Crippen LogP contribution in [0.4, 0.5) is 0 Å². The fraction of sp³-hybridized carbons (Fsp3) is 0.562. The smallest absolute Gasteiger partial charge is 0.230 e. The minimum absolute atomic E-state index is 0.0761. The van der Waals surface area contributed by atoms with Gasteiger partial charge in [-0.2, -0.15) is 4.31 Å². The van der Waals surface area contributed by atoms with Crippen molar-refractivity contribution in [2.75, 3.05) is 38.6 Å². The van der Waals surface area contributed by atoms with Crippen LogP contribution in [0.5, 0.6) is 0 Å². The number of carbonyl (C=O) groups is 1. The van der Waals surface area contributed by atoms with Gasteiger partial charge in [0.25, 0.3) is 0 Å². The number of nitrogens with zero attached hydrogens (tertiary/aromatic N) is 1. The quantitative estimate of drug-likeness (QED) is 0.757. The average molecular weight is 417 g/mol. The van der Waals surface area contributed by atoms with Crippen LogP contribution in [0, 0.1) is 0 Å². The fourth-order valence-corrected chi connectivity index (χ4v) is 4.70. The van der Waals surface area contributed by atoms with Gasteiger partial charge in [0.15, 0.2) is 0 Å². The Kier molecular flexibility index (Phi) is 5.29. The molecule has 1 aliphatic heterocycles. The highest BCUT2D eigenvalue weighted by atomic mass is 79.9. The number of hydrogen-bond acceptors (Lipinski definition) is 4. The highest BCUT2D eigenvalue weighted by molar-refractivity contribution is 9.10. The molecule has 1 saturated heterocycles. The molecule has 6 nitrogen and oxygen atoms in total. The van der Waals surface area contributed by atoms with E-state index >= 15 is 0 Å². The molecule has 3 rings (SSSR count). The van der Waals surface area contributed by atoms with Crippen LogP contribution >= 0.6 is 15.9 Å². The lowest BCUT2D eigenvalue weighted by molar-refractivity contribution is -0.123. The highest BCUT2D eigenvalue weighted by Crippen LogP contribution is 2.48. The maximum atomic E-state index is 12.5. The summed E-state index contributed by atoms with van der Waals surface area (Å²) in [6.45, 7) is 1.76. The molecule has 8 heteroatoms. The monoisotopic (exact) mass is 416 g/mol. The van der Waals surface area contributed by atoms with E-state index in [1.54, 1.807) is 0 Å². The molecule has 1 aromatic carbocycles. The first-order valence-corrected chi connectivity index (χ1v) is 10.4. The van der Waals surface area contributed by atoms with Crippen LogP contribution in [0.2, 0.25) is 0 Å². The largest absolute Gasteiger partial charge is 0.379 e. The molecule has 0 radical (unpaired) electrons. The molecule has 0 aromatic heterocycles. The van der Waals surface area contributed by atoms with Crippen molar-refractivity contribution in [3.05, 3.63) is 34.3 Å². The number of amides is 1. The molecule has 0 atom stereocenters. The molecule has 132 valence electrons. The number of morpholine rings is 1. The van der Waals surface area contributed by atoms with Gasteiger partial charge >= 0.3 is 0 Å². The van der Waals surface area contributed by atoms with Crippen molar-refractivity contribution < 1.29 is 17.9 Å². The topological polar surface area (TPSA) is 75.7 Å². The number of carbonyl (C=O) groups excluding carboxylic acids is 1. The van der Waals surface area contributed by atoms with Crippen LogP contribution in [-0.2, 0) is 25.0 Å². The molecule has 1 heterocycles. The van der Waals surface area contributed by atoms with Crippen molar-refractivity contribution in [3.63, 3.8) is 0 Å². The second-order valence-electron chi connectivity index (χ2n) is 6.18. The molecular weight excluding hydrogens is 396 g/mol. The Labute approximate surface area is 150 Å². The van der Waals surface area contributed by atoms with E-state index in [2.05, 4.69) is 21.2 Å². The van der Waals surface area contributed by atoms with E-state index in [1.807, 2.05) is 24.3 Å². The van der Waals surface area contributed by atoms with Crippen LogP contribution in [0.25, 0.3) is 0 Å². The first-order chi connectivity index (χ1) is 11.4. The summed E-state index contributed by atoms with van der Waals surface area (Å²) in [5.74, 6) is -0.161. The first-order valence-electron chi connectivity index (χ1n) is 8.04. The minimum Gasteiger partial charge on any atom is -0.379 e. The van der Waals surface area contributed by atoms with E-state index in [9.17, 15) is 13.2 Å². The second kappa shape index (κ2) is 7.11. The Morgan fingerprint density at radius 2 is 2.00 bits per heavy atom. The van der Waals surface area contributed by atoms with Crippen LogP contribution in [0.15, 0.2) is 28.7 Å². The fourth-order valence-electron chi connectivity index (χ4n) is 2.97. The van der Waals surface area contributed by atoms with Crippen molar-refractivity contribution in [3.8, 4) is 0 Å². The van der Waals surface area contributed by atoms with Gasteiger partial charge in [-0.25, -0.2) is 8.42 Å². The molecule has 2 fully saturated rings. The van der Waals surface area contributed by atoms with Crippen LogP contribution < -0.4 is 5.32 Å². The first kappa shape index (κ1) is 17.8. The molecule has 1 amide bonds. The Hall–Kier alpha value is -0.960. The van der Waals surface area contributed by atoms with Gasteiger partial charge in [-0.1, -0.05) is 28.1 Å².